The lowest BCUT2D eigenvalue weighted by Gasteiger charge is -2.27. The molecule has 1 aromatic heterocycles. The van der Waals surface area contributed by atoms with Crippen LogP contribution in [0.5, 0.6) is 0 Å². The molecule has 0 saturated carbocycles. The molecule has 7 nitrogen and oxygen atoms in total. The van der Waals surface area contributed by atoms with Gasteiger partial charge in [-0.15, -0.1) is 0 Å². The summed E-state index contributed by atoms with van der Waals surface area (Å²) in [5.74, 6) is -1.13. The van der Waals surface area contributed by atoms with E-state index in [1.54, 1.807) is 24.3 Å². The van der Waals surface area contributed by atoms with Crippen molar-refractivity contribution in [2.24, 2.45) is 0 Å². The van der Waals surface area contributed by atoms with Gasteiger partial charge in [-0.25, -0.2) is 9.89 Å². The summed E-state index contributed by atoms with van der Waals surface area (Å²) in [4.78, 5) is 37.1. The summed E-state index contributed by atoms with van der Waals surface area (Å²) in [5.41, 5.74) is 1.93. The van der Waals surface area contributed by atoms with E-state index in [4.69, 9.17) is 4.74 Å². The number of nitrogens with one attached hydrogen (secondary N) is 2. The maximum atomic E-state index is 12.6. The molecule has 0 aliphatic heterocycles. The Morgan fingerprint density at radius 1 is 1.14 bits per heavy atom. The Hall–Kier alpha value is -3.48. The van der Waals surface area contributed by atoms with Crippen LogP contribution in [0, 0.1) is 0 Å². The fourth-order valence-electron chi connectivity index (χ4n) is 3.73. The number of aryl methyl sites for hydroxylation is 1. The van der Waals surface area contributed by atoms with Crippen LogP contribution in [-0.4, -0.2) is 28.2 Å². The van der Waals surface area contributed by atoms with E-state index in [0.717, 1.165) is 24.8 Å². The molecule has 0 saturated heterocycles. The van der Waals surface area contributed by atoms with Gasteiger partial charge < -0.3 is 10.1 Å². The second-order valence-electron chi connectivity index (χ2n) is 7.15. The van der Waals surface area contributed by atoms with Crippen LogP contribution < -0.4 is 10.9 Å². The standard InChI is InChI=1S/C22H21N3O4/c1-13(20(26)23-18-12-6-8-14-7-2-3-9-15(14)18)29-22(28)19-16-10-4-5-11-17(16)21(27)25-24-19/h2-5,7,9-11,13,18H,6,8,12H2,1H3,(H,23,26)(H,25,27)/t13-,18+/m1/s1. The zero-order chi connectivity index (χ0) is 20.4. The lowest BCUT2D eigenvalue weighted by Crippen LogP contribution is -2.39. The number of esters is 1. The highest BCUT2D eigenvalue weighted by atomic mass is 16.5. The van der Waals surface area contributed by atoms with E-state index in [9.17, 15) is 14.4 Å². The van der Waals surface area contributed by atoms with Crippen molar-refractivity contribution in [3.63, 3.8) is 0 Å². The number of H-pyrrole nitrogens is 1. The Morgan fingerprint density at radius 2 is 1.86 bits per heavy atom. The van der Waals surface area contributed by atoms with Crippen LogP contribution in [0.25, 0.3) is 10.8 Å². The number of ether oxygens (including phenoxy) is 1. The second-order valence-corrected chi connectivity index (χ2v) is 7.15. The van der Waals surface area contributed by atoms with Crippen LogP contribution in [0.2, 0.25) is 0 Å². The zero-order valence-corrected chi connectivity index (χ0v) is 16.0. The lowest BCUT2D eigenvalue weighted by molar-refractivity contribution is -0.130. The van der Waals surface area contributed by atoms with Crippen LogP contribution in [0.15, 0.2) is 53.3 Å². The number of hydrogen-bond acceptors (Lipinski definition) is 5. The third kappa shape index (κ3) is 3.76. The largest absolute Gasteiger partial charge is 0.448 e. The highest BCUT2D eigenvalue weighted by Gasteiger charge is 2.26. The topological polar surface area (TPSA) is 101 Å². The van der Waals surface area contributed by atoms with Gasteiger partial charge in [0.1, 0.15) is 0 Å². The summed E-state index contributed by atoms with van der Waals surface area (Å²) in [6.07, 6.45) is 1.83. The molecule has 0 spiro atoms. The number of carbonyl (C=O) groups is 2. The predicted octanol–water partition coefficient (Wildman–Crippen LogP) is 2.66. The molecule has 1 heterocycles. The molecule has 2 aromatic carbocycles. The summed E-state index contributed by atoms with van der Waals surface area (Å²) in [6.45, 7) is 1.52. The first-order chi connectivity index (χ1) is 14.0. The van der Waals surface area contributed by atoms with Crippen molar-refractivity contribution < 1.29 is 14.3 Å². The van der Waals surface area contributed by atoms with Gasteiger partial charge in [0.05, 0.1) is 11.4 Å². The molecule has 0 radical (unpaired) electrons. The lowest BCUT2D eigenvalue weighted by atomic mass is 9.87. The van der Waals surface area contributed by atoms with Gasteiger partial charge in [-0.1, -0.05) is 42.5 Å². The molecule has 7 heteroatoms. The maximum Gasteiger partial charge on any atom is 0.360 e. The number of fused-ring (bicyclic) bond motifs is 2. The normalized spacial score (nSPS) is 16.7. The Bertz CT molecular complexity index is 1140. The minimum Gasteiger partial charge on any atom is -0.448 e. The molecule has 2 N–H and O–H groups in total. The zero-order valence-electron chi connectivity index (χ0n) is 16.0. The third-order valence-corrected chi connectivity index (χ3v) is 5.23. The van der Waals surface area contributed by atoms with Gasteiger partial charge in [-0.3, -0.25) is 9.59 Å². The smallest absolute Gasteiger partial charge is 0.360 e. The van der Waals surface area contributed by atoms with Gasteiger partial charge in [-0.05, 0) is 43.4 Å². The quantitative estimate of drug-likeness (QED) is 0.666. The van der Waals surface area contributed by atoms with Crippen LogP contribution in [0.3, 0.4) is 0 Å². The monoisotopic (exact) mass is 391 g/mol. The highest BCUT2D eigenvalue weighted by molar-refractivity contribution is 6.02. The molecule has 4 rings (SSSR count). The first kappa shape index (κ1) is 18.9. The van der Waals surface area contributed by atoms with Gasteiger partial charge in [0.25, 0.3) is 11.5 Å². The molecule has 0 fully saturated rings. The van der Waals surface area contributed by atoms with E-state index in [-0.39, 0.29) is 23.2 Å². The van der Waals surface area contributed by atoms with Crippen molar-refractivity contribution >= 4 is 22.6 Å². The summed E-state index contributed by atoms with van der Waals surface area (Å²) in [5, 5.41) is 9.82. The summed E-state index contributed by atoms with van der Waals surface area (Å²) in [6, 6.07) is 14.6. The second kappa shape index (κ2) is 7.87. The average Bonchev–Trinajstić information content (AvgIpc) is 2.74. The van der Waals surface area contributed by atoms with Gasteiger partial charge in [0.15, 0.2) is 11.8 Å². The first-order valence-corrected chi connectivity index (χ1v) is 9.61. The molecule has 29 heavy (non-hydrogen) atoms. The van der Waals surface area contributed by atoms with Gasteiger partial charge in [0, 0.05) is 5.39 Å². The number of benzene rings is 2. The molecule has 3 aromatic rings. The Kier molecular flexibility index (Phi) is 5.12. The Labute approximate surface area is 167 Å². The van der Waals surface area contributed by atoms with Gasteiger partial charge in [-0.2, -0.15) is 5.10 Å². The fourth-order valence-corrected chi connectivity index (χ4v) is 3.73. The fraction of sp³-hybridized carbons (Fsp3) is 0.273. The van der Waals surface area contributed by atoms with Crippen LogP contribution in [0.4, 0.5) is 0 Å². The minimum absolute atomic E-state index is 0.0251. The number of aromatic nitrogens is 2. The predicted molar refractivity (Wildman–Crippen MR) is 108 cm³/mol. The van der Waals surface area contributed by atoms with Crippen molar-refractivity contribution in [3.05, 3.63) is 75.7 Å². The molecule has 1 amide bonds. The Balaban J connectivity index is 1.48. The van der Waals surface area contributed by atoms with Crippen molar-refractivity contribution in [3.8, 4) is 0 Å². The van der Waals surface area contributed by atoms with E-state index in [1.165, 1.54) is 12.5 Å². The summed E-state index contributed by atoms with van der Waals surface area (Å²) in [7, 11) is 0. The molecule has 0 unspecified atom stereocenters. The van der Waals surface area contributed by atoms with Crippen LogP contribution in [0.1, 0.15) is 47.4 Å². The number of amides is 1. The number of rotatable bonds is 4. The number of aromatic amines is 1. The summed E-state index contributed by atoms with van der Waals surface area (Å²) >= 11 is 0. The van der Waals surface area contributed by atoms with E-state index >= 15 is 0 Å². The molecule has 148 valence electrons. The van der Waals surface area contributed by atoms with E-state index in [0.29, 0.717) is 10.8 Å². The van der Waals surface area contributed by atoms with Crippen molar-refractivity contribution in [2.45, 2.75) is 38.3 Å². The molecular weight excluding hydrogens is 370 g/mol. The van der Waals surface area contributed by atoms with E-state index in [1.807, 2.05) is 18.2 Å². The van der Waals surface area contributed by atoms with Gasteiger partial charge in [0.2, 0.25) is 0 Å². The maximum absolute atomic E-state index is 12.6. The highest BCUT2D eigenvalue weighted by Crippen LogP contribution is 2.29. The van der Waals surface area contributed by atoms with Crippen LogP contribution >= 0.6 is 0 Å². The Morgan fingerprint density at radius 3 is 2.69 bits per heavy atom. The van der Waals surface area contributed by atoms with Crippen LogP contribution in [-0.2, 0) is 16.0 Å². The third-order valence-electron chi connectivity index (χ3n) is 5.23. The number of carbonyl (C=O) groups excluding carboxylic acids is 2. The van der Waals surface area contributed by atoms with Crippen molar-refractivity contribution in [1.82, 2.24) is 15.5 Å². The van der Waals surface area contributed by atoms with Crippen molar-refractivity contribution in [2.75, 3.05) is 0 Å². The molecule has 0 bridgehead atoms. The van der Waals surface area contributed by atoms with Gasteiger partial charge >= 0.3 is 5.97 Å². The summed E-state index contributed by atoms with van der Waals surface area (Å²) < 4.78 is 5.34. The number of hydrogen-bond donors (Lipinski definition) is 2. The average molecular weight is 391 g/mol. The SMILES string of the molecule is C[C@@H](OC(=O)c1n[nH]c(=O)c2ccccc12)C(=O)N[C@H]1CCCc2ccccc21. The van der Waals surface area contributed by atoms with Crippen molar-refractivity contribution in [1.29, 1.82) is 0 Å². The molecule has 2 atom stereocenters. The van der Waals surface area contributed by atoms with E-state index < -0.39 is 12.1 Å². The first-order valence-electron chi connectivity index (χ1n) is 9.61. The number of nitrogens with zero attached hydrogens (tertiary/aromatic N) is 1. The minimum atomic E-state index is -0.996. The molecular formula is C22H21N3O4. The van der Waals surface area contributed by atoms with E-state index in [2.05, 4.69) is 21.6 Å². The molecule has 1 aliphatic carbocycles. The molecule has 1 aliphatic rings.